The van der Waals surface area contributed by atoms with E-state index in [0.29, 0.717) is 16.1 Å². The summed E-state index contributed by atoms with van der Waals surface area (Å²) in [6.07, 6.45) is 0. The van der Waals surface area contributed by atoms with E-state index in [9.17, 15) is 4.79 Å². The van der Waals surface area contributed by atoms with Gasteiger partial charge in [0.15, 0.2) is 0 Å². The Balaban J connectivity index is 2.47. The first-order valence-electron chi connectivity index (χ1n) is 5.91. The number of nitrogens with zero attached hydrogens (tertiary/aromatic N) is 1. The Labute approximate surface area is 115 Å². The SMILES string of the molecule is CNC(=O)c1cccc2c(Cl)c3ccccc3nc12. The first-order valence-corrected chi connectivity index (χ1v) is 6.29. The van der Waals surface area contributed by atoms with Crippen molar-refractivity contribution in [3.8, 4) is 0 Å². The second-order valence-electron chi connectivity index (χ2n) is 4.22. The van der Waals surface area contributed by atoms with Gasteiger partial charge in [-0.15, -0.1) is 0 Å². The Morgan fingerprint density at radius 3 is 2.63 bits per heavy atom. The maximum atomic E-state index is 11.9. The van der Waals surface area contributed by atoms with Gasteiger partial charge in [-0.3, -0.25) is 4.79 Å². The Bertz CT molecular complexity index is 799. The average molecular weight is 271 g/mol. The van der Waals surface area contributed by atoms with Crippen LogP contribution in [0.4, 0.5) is 0 Å². The van der Waals surface area contributed by atoms with Crippen LogP contribution in [0.2, 0.25) is 5.02 Å². The van der Waals surface area contributed by atoms with Crippen LogP contribution in [0, 0.1) is 0 Å². The number of aromatic nitrogens is 1. The molecule has 0 bridgehead atoms. The number of benzene rings is 2. The van der Waals surface area contributed by atoms with E-state index in [1.54, 1.807) is 13.1 Å². The summed E-state index contributed by atoms with van der Waals surface area (Å²) in [6, 6.07) is 13.1. The molecule has 3 rings (SSSR count). The smallest absolute Gasteiger partial charge is 0.253 e. The highest BCUT2D eigenvalue weighted by Gasteiger charge is 2.13. The highest BCUT2D eigenvalue weighted by atomic mass is 35.5. The van der Waals surface area contributed by atoms with E-state index in [-0.39, 0.29) is 5.91 Å². The number of amides is 1. The van der Waals surface area contributed by atoms with Gasteiger partial charge in [0.05, 0.1) is 21.6 Å². The van der Waals surface area contributed by atoms with Gasteiger partial charge >= 0.3 is 0 Å². The number of fused-ring (bicyclic) bond motifs is 2. The van der Waals surface area contributed by atoms with E-state index in [2.05, 4.69) is 10.3 Å². The molecule has 0 aliphatic heterocycles. The van der Waals surface area contributed by atoms with Crippen LogP contribution in [0.5, 0.6) is 0 Å². The van der Waals surface area contributed by atoms with Crippen LogP contribution in [0.25, 0.3) is 21.8 Å². The molecule has 94 valence electrons. The molecule has 0 aliphatic rings. The minimum atomic E-state index is -0.163. The van der Waals surface area contributed by atoms with Crippen molar-refractivity contribution in [2.45, 2.75) is 0 Å². The second-order valence-corrected chi connectivity index (χ2v) is 4.60. The molecule has 0 saturated heterocycles. The summed E-state index contributed by atoms with van der Waals surface area (Å²) in [7, 11) is 1.60. The van der Waals surface area contributed by atoms with Crippen molar-refractivity contribution >= 4 is 39.3 Å². The molecule has 0 radical (unpaired) electrons. The van der Waals surface area contributed by atoms with Crippen molar-refractivity contribution in [3.63, 3.8) is 0 Å². The van der Waals surface area contributed by atoms with Gasteiger partial charge < -0.3 is 5.32 Å². The fourth-order valence-electron chi connectivity index (χ4n) is 2.18. The molecule has 0 atom stereocenters. The lowest BCUT2D eigenvalue weighted by Crippen LogP contribution is -2.18. The minimum absolute atomic E-state index is 0.163. The van der Waals surface area contributed by atoms with Crippen LogP contribution >= 0.6 is 11.6 Å². The lowest BCUT2D eigenvalue weighted by molar-refractivity contribution is 0.0964. The Kier molecular flexibility index (Phi) is 2.84. The van der Waals surface area contributed by atoms with Crippen molar-refractivity contribution in [3.05, 3.63) is 53.1 Å². The summed E-state index contributed by atoms with van der Waals surface area (Å²) < 4.78 is 0. The monoisotopic (exact) mass is 270 g/mol. The Morgan fingerprint density at radius 2 is 1.84 bits per heavy atom. The number of carbonyl (C=O) groups is 1. The van der Waals surface area contributed by atoms with Gasteiger partial charge in [-0.05, 0) is 12.1 Å². The number of carbonyl (C=O) groups excluding carboxylic acids is 1. The van der Waals surface area contributed by atoms with Crippen LogP contribution in [0.1, 0.15) is 10.4 Å². The summed E-state index contributed by atoms with van der Waals surface area (Å²) in [5.41, 5.74) is 1.95. The molecule has 4 heteroatoms. The third-order valence-electron chi connectivity index (χ3n) is 3.12. The predicted octanol–water partition coefficient (Wildman–Crippen LogP) is 3.40. The van der Waals surface area contributed by atoms with Crippen LogP contribution in [0.15, 0.2) is 42.5 Å². The summed E-state index contributed by atoms with van der Waals surface area (Å²) in [4.78, 5) is 16.4. The van der Waals surface area contributed by atoms with E-state index < -0.39 is 0 Å². The van der Waals surface area contributed by atoms with Gasteiger partial charge in [0.25, 0.3) is 5.91 Å². The normalized spacial score (nSPS) is 10.8. The first kappa shape index (κ1) is 11.9. The van der Waals surface area contributed by atoms with Gasteiger partial charge in [0.2, 0.25) is 0 Å². The zero-order valence-electron chi connectivity index (χ0n) is 10.3. The van der Waals surface area contributed by atoms with Crippen molar-refractivity contribution < 1.29 is 4.79 Å². The molecule has 3 aromatic rings. The zero-order chi connectivity index (χ0) is 13.4. The first-order chi connectivity index (χ1) is 9.22. The molecule has 1 aromatic heterocycles. The molecule has 0 unspecified atom stereocenters. The third-order valence-corrected chi connectivity index (χ3v) is 3.52. The lowest BCUT2D eigenvalue weighted by atomic mass is 10.1. The van der Waals surface area contributed by atoms with Crippen LogP contribution in [-0.2, 0) is 0 Å². The summed E-state index contributed by atoms with van der Waals surface area (Å²) in [6.45, 7) is 0. The molecule has 0 fully saturated rings. The van der Waals surface area contributed by atoms with Gasteiger partial charge in [-0.25, -0.2) is 4.98 Å². The fraction of sp³-hybridized carbons (Fsp3) is 0.0667. The number of pyridine rings is 1. The summed E-state index contributed by atoms with van der Waals surface area (Å²) in [5, 5.41) is 4.94. The van der Waals surface area contributed by atoms with Gasteiger partial charge in [-0.1, -0.05) is 41.9 Å². The van der Waals surface area contributed by atoms with E-state index >= 15 is 0 Å². The van der Waals surface area contributed by atoms with Crippen LogP contribution in [0.3, 0.4) is 0 Å². The summed E-state index contributed by atoms with van der Waals surface area (Å²) in [5.74, 6) is -0.163. The fourth-order valence-corrected chi connectivity index (χ4v) is 2.49. The van der Waals surface area contributed by atoms with E-state index in [4.69, 9.17) is 11.6 Å². The van der Waals surface area contributed by atoms with Crippen LogP contribution in [-0.4, -0.2) is 17.9 Å². The molecule has 1 heterocycles. The van der Waals surface area contributed by atoms with E-state index in [1.165, 1.54) is 0 Å². The standard InChI is InChI=1S/C15H11ClN2O/c1-17-15(19)11-7-4-6-10-13(16)9-5-2-3-8-12(9)18-14(10)11/h2-8H,1H3,(H,17,19). The Morgan fingerprint density at radius 1 is 1.11 bits per heavy atom. The quantitative estimate of drug-likeness (QED) is 0.689. The van der Waals surface area contributed by atoms with Gasteiger partial charge in [0, 0.05) is 17.8 Å². The summed E-state index contributed by atoms with van der Waals surface area (Å²) >= 11 is 6.42. The molecule has 3 nitrogen and oxygen atoms in total. The van der Waals surface area contributed by atoms with E-state index in [0.717, 1.165) is 16.3 Å². The van der Waals surface area contributed by atoms with Crippen molar-refractivity contribution in [2.24, 2.45) is 0 Å². The number of hydrogen-bond donors (Lipinski definition) is 1. The topological polar surface area (TPSA) is 42.0 Å². The molecule has 1 N–H and O–H groups in total. The number of para-hydroxylation sites is 2. The molecular formula is C15H11ClN2O. The number of halogens is 1. The van der Waals surface area contributed by atoms with Gasteiger partial charge in [-0.2, -0.15) is 0 Å². The maximum Gasteiger partial charge on any atom is 0.253 e. The van der Waals surface area contributed by atoms with Crippen molar-refractivity contribution in [1.82, 2.24) is 10.3 Å². The molecule has 2 aromatic carbocycles. The predicted molar refractivity (Wildman–Crippen MR) is 77.6 cm³/mol. The number of hydrogen-bond acceptors (Lipinski definition) is 2. The van der Waals surface area contributed by atoms with E-state index in [1.807, 2.05) is 36.4 Å². The molecule has 19 heavy (non-hydrogen) atoms. The van der Waals surface area contributed by atoms with Crippen LogP contribution < -0.4 is 5.32 Å². The molecule has 0 spiro atoms. The van der Waals surface area contributed by atoms with Gasteiger partial charge in [0.1, 0.15) is 0 Å². The molecule has 0 aliphatic carbocycles. The number of rotatable bonds is 1. The molecule has 1 amide bonds. The minimum Gasteiger partial charge on any atom is -0.355 e. The Hall–Kier alpha value is -2.13. The van der Waals surface area contributed by atoms with Crippen molar-refractivity contribution in [1.29, 1.82) is 0 Å². The highest BCUT2D eigenvalue weighted by molar-refractivity contribution is 6.40. The zero-order valence-corrected chi connectivity index (χ0v) is 11.0. The molecule has 0 saturated carbocycles. The largest absolute Gasteiger partial charge is 0.355 e. The maximum absolute atomic E-state index is 11.9. The molecular weight excluding hydrogens is 260 g/mol. The highest BCUT2D eigenvalue weighted by Crippen LogP contribution is 2.31. The number of nitrogens with one attached hydrogen (secondary N) is 1. The lowest BCUT2D eigenvalue weighted by Gasteiger charge is -2.08. The van der Waals surface area contributed by atoms with Crippen molar-refractivity contribution in [2.75, 3.05) is 7.05 Å². The average Bonchev–Trinajstić information content (AvgIpc) is 2.46. The third kappa shape index (κ3) is 1.83. The second kappa shape index (κ2) is 4.52.